The molecule has 1 atom stereocenters. The smallest absolute Gasteiger partial charge is 0.244 e. The van der Waals surface area contributed by atoms with Crippen molar-refractivity contribution in [2.24, 2.45) is 0 Å². The Bertz CT molecular complexity index is 1030. The van der Waals surface area contributed by atoms with Gasteiger partial charge in [-0.15, -0.1) is 11.3 Å². The highest BCUT2D eigenvalue weighted by molar-refractivity contribution is 7.93. The molecule has 0 spiro atoms. The van der Waals surface area contributed by atoms with Gasteiger partial charge >= 0.3 is 0 Å². The number of anilines is 1. The quantitative estimate of drug-likeness (QED) is 0.694. The van der Waals surface area contributed by atoms with Crippen LogP contribution in [0.15, 0.2) is 41.8 Å². The number of nitrogens with one attached hydrogen (secondary N) is 1. The van der Waals surface area contributed by atoms with Gasteiger partial charge in [-0.25, -0.2) is 8.42 Å². The molecule has 1 N–H and O–H groups in total. The monoisotopic (exact) mass is 445 g/mol. The van der Waals surface area contributed by atoms with E-state index in [1.165, 1.54) is 20.8 Å². The normalized spacial score (nSPS) is 19.7. The molecule has 1 aromatic carbocycles. The van der Waals surface area contributed by atoms with Crippen molar-refractivity contribution in [2.75, 3.05) is 29.7 Å². The van der Waals surface area contributed by atoms with Gasteiger partial charge in [-0.1, -0.05) is 12.1 Å². The zero-order chi connectivity index (χ0) is 21.1. The minimum Gasteiger partial charge on any atom is -0.351 e. The van der Waals surface area contributed by atoms with Crippen molar-refractivity contribution in [1.82, 2.24) is 10.2 Å². The van der Waals surface area contributed by atoms with Crippen molar-refractivity contribution < 1.29 is 13.2 Å². The SMILES string of the molecule is CC(CNC(=O)/C=C/c1ccc(N2CCCS2(=O)=O)cc1)N1CCc2sccc2C1. The molecule has 0 saturated carbocycles. The van der Waals surface area contributed by atoms with Gasteiger partial charge in [0.2, 0.25) is 15.9 Å². The van der Waals surface area contributed by atoms with Crippen LogP contribution in [0, 0.1) is 0 Å². The number of fused-ring (bicyclic) bond motifs is 1. The van der Waals surface area contributed by atoms with Gasteiger partial charge in [0, 0.05) is 43.2 Å². The number of carbonyl (C=O) groups excluding carboxylic acids is 1. The molecule has 0 aliphatic carbocycles. The first-order valence-electron chi connectivity index (χ1n) is 10.3. The van der Waals surface area contributed by atoms with E-state index in [4.69, 9.17) is 0 Å². The number of amides is 1. The number of rotatable bonds is 6. The second kappa shape index (κ2) is 8.91. The number of sulfonamides is 1. The highest BCUT2D eigenvalue weighted by atomic mass is 32.2. The molecule has 6 nitrogen and oxygen atoms in total. The zero-order valence-electron chi connectivity index (χ0n) is 17.1. The van der Waals surface area contributed by atoms with Gasteiger partial charge in [-0.2, -0.15) is 0 Å². The first-order chi connectivity index (χ1) is 14.4. The van der Waals surface area contributed by atoms with E-state index in [1.54, 1.807) is 18.2 Å². The van der Waals surface area contributed by atoms with Crippen molar-refractivity contribution in [3.8, 4) is 0 Å². The molecule has 3 heterocycles. The third-order valence-electron chi connectivity index (χ3n) is 5.74. The number of benzene rings is 1. The third-order valence-corrected chi connectivity index (χ3v) is 8.63. The Balaban J connectivity index is 1.27. The Morgan fingerprint density at radius 3 is 2.77 bits per heavy atom. The summed E-state index contributed by atoms with van der Waals surface area (Å²) in [6, 6.07) is 9.72. The summed E-state index contributed by atoms with van der Waals surface area (Å²) in [5.74, 6) is 0.0836. The molecule has 1 unspecified atom stereocenters. The van der Waals surface area contributed by atoms with E-state index in [0.717, 1.165) is 25.1 Å². The molecule has 1 fully saturated rings. The molecule has 2 aliphatic heterocycles. The van der Waals surface area contributed by atoms with Crippen LogP contribution in [0.4, 0.5) is 5.69 Å². The largest absolute Gasteiger partial charge is 0.351 e. The summed E-state index contributed by atoms with van der Waals surface area (Å²) in [5.41, 5.74) is 2.95. The Hall–Kier alpha value is -2.16. The van der Waals surface area contributed by atoms with E-state index in [1.807, 2.05) is 23.5 Å². The van der Waals surface area contributed by atoms with Crippen molar-refractivity contribution in [1.29, 1.82) is 0 Å². The van der Waals surface area contributed by atoms with Gasteiger partial charge in [-0.3, -0.25) is 14.0 Å². The lowest BCUT2D eigenvalue weighted by Gasteiger charge is -2.32. The van der Waals surface area contributed by atoms with Gasteiger partial charge in [0.15, 0.2) is 0 Å². The van der Waals surface area contributed by atoms with Crippen LogP contribution in [-0.4, -0.2) is 50.7 Å². The van der Waals surface area contributed by atoms with Gasteiger partial charge in [0.25, 0.3) is 0 Å². The van der Waals surface area contributed by atoms with Crippen LogP contribution in [0.3, 0.4) is 0 Å². The summed E-state index contributed by atoms with van der Waals surface area (Å²) in [7, 11) is -3.17. The van der Waals surface area contributed by atoms with E-state index in [-0.39, 0.29) is 17.7 Å². The van der Waals surface area contributed by atoms with Crippen molar-refractivity contribution >= 4 is 39.0 Å². The molecule has 0 bridgehead atoms. The first kappa shape index (κ1) is 21.1. The predicted octanol–water partition coefficient (Wildman–Crippen LogP) is 2.86. The maximum atomic E-state index is 12.2. The second-order valence-electron chi connectivity index (χ2n) is 7.85. The predicted molar refractivity (Wildman–Crippen MR) is 122 cm³/mol. The van der Waals surface area contributed by atoms with E-state index in [2.05, 4.69) is 28.6 Å². The van der Waals surface area contributed by atoms with Crippen molar-refractivity contribution in [2.45, 2.75) is 32.4 Å². The summed E-state index contributed by atoms with van der Waals surface area (Å²) in [4.78, 5) is 16.1. The van der Waals surface area contributed by atoms with Crippen LogP contribution < -0.4 is 9.62 Å². The van der Waals surface area contributed by atoms with Gasteiger partial charge in [0.05, 0.1) is 11.4 Å². The van der Waals surface area contributed by atoms with Crippen LogP contribution in [0.25, 0.3) is 6.08 Å². The lowest BCUT2D eigenvalue weighted by Crippen LogP contribution is -2.43. The molecule has 8 heteroatoms. The third kappa shape index (κ3) is 4.77. The van der Waals surface area contributed by atoms with E-state index < -0.39 is 10.0 Å². The number of carbonyl (C=O) groups is 1. The summed E-state index contributed by atoms with van der Waals surface area (Å²) in [6.45, 7) is 5.26. The summed E-state index contributed by atoms with van der Waals surface area (Å²) in [6.07, 6.45) is 5.02. The average Bonchev–Trinajstić information content (AvgIpc) is 3.35. The average molecular weight is 446 g/mol. The van der Waals surface area contributed by atoms with Gasteiger partial charge in [-0.05, 0) is 60.5 Å². The first-order valence-corrected chi connectivity index (χ1v) is 12.8. The molecule has 0 radical (unpaired) electrons. The van der Waals surface area contributed by atoms with E-state index in [0.29, 0.717) is 25.2 Å². The molecule has 2 aromatic rings. The highest BCUT2D eigenvalue weighted by Crippen LogP contribution is 2.25. The molecule has 160 valence electrons. The Morgan fingerprint density at radius 1 is 1.23 bits per heavy atom. The summed E-state index contributed by atoms with van der Waals surface area (Å²) in [5, 5.41) is 5.14. The summed E-state index contributed by atoms with van der Waals surface area (Å²) < 4.78 is 25.5. The zero-order valence-corrected chi connectivity index (χ0v) is 18.7. The van der Waals surface area contributed by atoms with Crippen LogP contribution in [0.1, 0.15) is 29.3 Å². The number of thiophene rings is 1. The Morgan fingerprint density at radius 2 is 2.03 bits per heavy atom. The minimum atomic E-state index is -3.17. The topological polar surface area (TPSA) is 69.7 Å². The van der Waals surface area contributed by atoms with Gasteiger partial charge in [0.1, 0.15) is 0 Å². The standard InChI is InChI=1S/C22H27N3O3S2/c1-17(24-12-9-21-19(16-24)10-13-29-21)15-23-22(26)8-5-18-3-6-20(7-4-18)25-11-2-14-30(25,27)28/h3-8,10,13,17H,2,9,11-12,14-16H2,1H3,(H,23,26)/b8-5+. The summed E-state index contributed by atoms with van der Waals surface area (Å²) >= 11 is 1.83. The fourth-order valence-electron chi connectivity index (χ4n) is 3.94. The molecule has 4 rings (SSSR count). The van der Waals surface area contributed by atoms with E-state index in [9.17, 15) is 13.2 Å². The minimum absolute atomic E-state index is 0.124. The number of hydrogen-bond acceptors (Lipinski definition) is 5. The van der Waals surface area contributed by atoms with Crippen molar-refractivity contribution in [3.63, 3.8) is 0 Å². The Kier molecular flexibility index (Phi) is 6.26. The number of hydrogen-bond donors (Lipinski definition) is 1. The molecule has 1 aromatic heterocycles. The highest BCUT2D eigenvalue weighted by Gasteiger charge is 2.28. The molecule has 2 aliphatic rings. The van der Waals surface area contributed by atoms with Crippen LogP contribution in [-0.2, 0) is 27.8 Å². The fourth-order valence-corrected chi connectivity index (χ4v) is 6.39. The van der Waals surface area contributed by atoms with Crippen molar-refractivity contribution in [3.05, 3.63) is 57.8 Å². The maximum absolute atomic E-state index is 12.2. The molecule has 1 saturated heterocycles. The molecular formula is C22H27N3O3S2. The lowest BCUT2D eigenvalue weighted by molar-refractivity contribution is -0.116. The lowest BCUT2D eigenvalue weighted by atomic mass is 10.1. The van der Waals surface area contributed by atoms with Crippen LogP contribution in [0.5, 0.6) is 0 Å². The molecule has 1 amide bonds. The van der Waals surface area contributed by atoms with Crippen LogP contribution >= 0.6 is 11.3 Å². The Labute approximate surface area is 182 Å². The van der Waals surface area contributed by atoms with Crippen LogP contribution in [0.2, 0.25) is 0 Å². The molecular weight excluding hydrogens is 418 g/mol. The molecule has 30 heavy (non-hydrogen) atoms. The van der Waals surface area contributed by atoms with Gasteiger partial charge < -0.3 is 5.32 Å². The fraction of sp³-hybridized carbons (Fsp3) is 0.409. The second-order valence-corrected chi connectivity index (χ2v) is 10.9. The van der Waals surface area contributed by atoms with E-state index >= 15 is 0 Å². The maximum Gasteiger partial charge on any atom is 0.244 e. The number of nitrogens with zero attached hydrogens (tertiary/aromatic N) is 2.